The van der Waals surface area contributed by atoms with Crippen molar-refractivity contribution in [1.82, 2.24) is 4.90 Å². The predicted octanol–water partition coefficient (Wildman–Crippen LogP) is 3.21. The van der Waals surface area contributed by atoms with E-state index in [9.17, 15) is 0 Å². The van der Waals surface area contributed by atoms with E-state index in [0.29, 0.717) is 5.92 Å². The molecule has 1 aromatic carbocycles. The number of hydrogen-bond acceptors (Lipinski definition) is 2. The fraction of sp³-hybridized carbons (Fsp3) is 0.286. The van der Waals surface area contributed by atoms with Gasteiger partial charge in [-0.2, -0.15) is 0 Å². The molecule has 0 saturated carbocycles. The summed E-state index contributed by atoms with van der Waals surface area (Å²) < 4.78 is 0. The molecule has 1 N–H and O–H groups in total. The Kier molecular flexibility index (Phi) is 3.30. The summed E-state index contributed by atoms with van der Waals surface area (Å²) in [6.45, 7) is 3.11. The van der Waals surface area contributed by atoms with Crippen LogP contribution in [0.15, 0.2) is 48.8 Å². The summed E-state index contributed by atoms with van der Waals surface area (Å²) in [6.07, 6.45) is 8.72. The van der Waals surface area contributed by atoms with Gasteiger partial charge in [0, 0.05) is 31.7 Å². The molecule has 0 bridgehead atoms. The molecule has 0 atom stereocenters. The summed E-state index contributed by atoms with van der Waals surface area (Å²) in [7, 11) is 1.95. The third-order valence-corrected chi connectivity index (χ3v) is 2.74. The van der Waals surface area contributed by atoms with Crippen LogP contribution < -0.4 is 5.32 Å². The Bertz CT molecular complexity index is 393. The molecule has 1 aliphatic rings. The number of nitrogens with one attached hydrogen (secondary N) is 1. The molecular weight excluding hydrogens is 196 g/mol. The van der Waals surface area contributed by atoms with Crippen molar-refractivity contribution in [1.29, 1.82) is 0 Å². The Hall–Kier alpha value is -1.70. The molecule has 1 heterocycles. The van der Waals surface area contributed by atoms with E-state index in [1.165, 1.54) is 5.56 Å². The van der Waals surface area contributed by atoms with E-state index in [-0.39, 0.29) is 0 Å². The number of allylic oxidation sites excluding steroid dienone is 2. The Balaban J connectivity index is 2.04. The zero-order valence-corrected chi connectivity index (χ0v) is 9.85. The van der Waals surface area contributed by atoms with Crippen LogP contribution in [0.2, 0.25) is 0 Å². The first-order valence-corrected chi connectivity index (χ1v) is 5.67. The zero-order chi connectivity index (χ0) is 11.4. The lowest BCUT2D eigenvalue weighted by Gasteiger charge is -2.20. The van der Waals surface area contributed by atoms with Gasteiger partial charge in [-0.25, -0.2) is 0 Å². The molecule has 0 amide bonds. The molecule has 2 rings (SSSR count). The monoisotopic (exact) mass is 214 g/mol. The lowest BCUT2D eigenvalue weighted by Crippen LogP contribution is -2.12. The second-order valence-electron chi connectivity index (χ2n) is 4.16. The van der Waals surface area contributed by atoms with Gasteiger partial charge in [0.15, 0.2) is 0 Å². The summed E-state index contributed by atoms with van der Waals surface area (Å²) in [4.78, 5) is 2.20. The van der Waals surface area contributed by atoms with Crippen molar-refractivity contribution in [2.45, 2.75) is 13.5 Å². The molecule has 0 saturated heterocycles. The molecule has 1 aromatic rings. The van der Waals surface area contributed by atoms with Crippen LogP contribution in [-0.2, 0) is 6.54 Å². The number of rotatable bonds is 3. The summed E-state index contributed by atoms with van der Waals surface area (Å²) in [5, 5.41) is 3.16. The summed E-state index contributed by atoms with van der Waals surface area (Å²) in [6, 6.07) is 8.49. The topological polar surface area (TPSA) is 15.3 Å². The standard InChI is InChI=1S/C14H18N2/c1-12-6-8-16(9-7-12)11-13-4-3-5-14(10-13)15-2/h3-10,12,15H,11H2,1-2H3. The predicted molar refractivity (Wildman–Crippen MR) is 69.0 cm³/mol. The first kappa shape index (κ1) is 10.8. The minimum Gasteiger partial charge on any atom is -0.388 e. The van der Waals surface area contributed by atoms with Crippen LogP contribution in [0.25, 0.3) is 0 Å². The van der Waals surface area contributed by atoms with Crippen LogP contribution in [0, 0.1) is 5.92 Å². The van der Waals surface area contributed by atoms with Crippen LogP contribution in [0.4, 0.5) is 5.69 Å². The molecule has 0 aromatic heterocycles. The number of benzene rings is 1. The molecular formula is C14H18N2. The number of hydrogen-bond donors (Lipinski definition) is 1. The maximum atomic E-state index is 3.16. The van der Waals surface area contributed by atoms with Crippen LogP contribution in [0.1, 0.15) is 12.5 Å². The quantitative estimate of drug-likeness (QED) is 0.831. The van der Waals surface area contributed by atoms with E-state index in [2.05, 4.69) is 66.0 Å². The van der Waals surface area contributed by atoms with Crippen molar-refractivity contribution in [2.75, 3.05) is 12.4 Å². The molecule has 0 spiro atoms. The molecule has 0 unspecified atom stereocenters. The van der Waals surface area contributed by atoms with Crippen molar-refractivity contribution >= 4 is 5.69 Å². The Morgan fingerprint density at radius 2 is 2.00 bits per heavy atom. The Morgan fingerprint density at radius 1 is 1.25 bits per heavy atom. The van der Waals surface area contributed by atoms with Gasteiger partial charge in [-0.15, -0.1) is 0 Å². The van der Waals surface area contributed by atoms with Gasteiger partial charge in [0.1, 0.15) is 0 Å². The highest BCUT2D eigenvalue weighted by molar-refractivity contribution is 5.45. The zero-order valence-electron chi connectivity index (χ0n) is 9.85. The van der Waals surface area contributed by atoms with Gasteiger partial charge in [0.2, 0.25) is 0 Å². The van der Waals surface area contributed by atoms with Crippen molar-refractivity contribution in [2.24, 2.45) is 5.92 Å². The fourth-order valence-corrected chi connectivity index (χ4v) is 1.75. The minimum atomic E-state index is 0.555. The Labute approximate surface area is 97.3 Å². The van der Waals surface area contributed by atoms with Crippen molar-refractivity contribution in [3.05, 3.63) is 54.4 Å². The maximum absolute atomic E-state index is 3.16. The maximum Gasteiger partial charge on any atom is 0.0470 e. The minimum absolute atomic E-state index is 0.555. The summed E-state index contributed by atoms with van der Waals surface area (Å²) in [5.41, 5.74) is 2.48. The van der Waals surface area contributed by atoms with Crippen LogP contribution in [0.5, 0.6) is 0 Å². The normalized spacial score (nSPS) is 15.5. The second kappa shape index (κ2) is 4.88. The highest BCUT2D eigenvalue weighted by Gasteiger charge is 2.03. The van der Waals surface area contributed by atoms with Crippen molar-refractivity contribution < 1.29 is 0 Å². The summed E-state index contributed by atoms with van der Waals surface area (Å²) >= 11 is 0. The van der Waals surface area contributed by atoms with Crippen LogP contribution >= 0.6 is 0 Å². The SMILES string of the molecule is CNc1cccc(CN2C=CC(C)C=C2)c1. The van der Waals surface area contributed by atoms with Gasteiger partial charge in [-0.1, -0.05) is 31.2 Å². The molecule has 84 valence electrons. The number of anilines is 1. The van der Waals surface area contributed by atoms with Gasteiger partial charge in [0.25, 0.3) is 0 Å². The molecule has 16 heavy (non-hydrogen) atoms. The van der Waals surface area contributed by atoms with E-state index in [1.54, 1.807) is 0 Å². The van der Waals surface area contributed by atoms with Gasteiger partial charge in [0.05, 0.1) is 0 Å². The molecule has 1 aliphatic heterocycles. The van der Waals surface area contributed by atoms with E-state index in [0.717, 1.165) is 12.2 Å². The fourth-order valence-electron chi connectivity index (χ4n) is 1.75. The van der Waals surface area contributed by atoms with Gasteiger partial charge < -0.3 is 10.2 Å². The van der Waals surface area contributed by atoms with E-state index in [4.69, 9.17) is 0 Å². The second-order valence-corrected chi connectivity index (χ2v) is 4.16. The van der Waals surface area contributed by atoms with E-state index in [1.807, 2.05) is 7.05 Å². The van der Waals surface area contributed by atoms with Crippen LogP contribution in [0.3, 0.4) is 0 Å². The first-order chi connectivity index (χ1) is 7.78. The van der Waals surface area contributed by atoms with Gasteiger partial charge in [-0.3, -0.25) is 0 Å². The smallest absolute Gasteiger partial charge is 0.0470 e. The average molecular weight is 214 g/mol. The highest BCUT2D eigenvalue weighted by atomic mass is 15.1. The van der Waals surface area contributed by atoms with Gasteiger partial charge >= 0.3 is 0 Å². The lowest BCUT2D eigenvalue weighted by molar-refractivity contribution is 0.484. The summed E-state index contributed by atoms with van der Waals surface area (Å²) in [5.74, 6) is 0.555. The third kappa shape index (κ3) is 2.66. The molecule has 0 radical (unpaired) electrons. The van der Waals surface area contributed by atoms with Crippen molar-refractivity contribution in [3.63, 3.8) is 0 Å². The average Bonchev–Trinajstić information content (AvgIpc) is 2.32. The molecule has 0 aliphatic carbocycles. The lowest BCUT2D eigenvalue weighted by atomic mass is 10.1. The van der Waals surface area contributed by atoms with Crippen molar-refractivity contribution in [3.8, 4) is 0 Å². The highest BCUT2D eigenvalue weighted by Crippen LogP contribution is 2.15. The van der Waals surface area contributed by atoms with E-state index >= 15 is 0 Å². The van der Waals surface area contributed by atoms with Gasteiger partial charge in [-0.05, 0) is 23.6 Å². The van der Waals surface area contributed by atoms with Crippen LogP contribution in [-0.4, -0.2) is 11.9 Å². The Morgan fingerprint density at radius 3 is 2.69 bits per heavy atom. The van der Waals surface area contributed by atoms with E-state index < -0.39 is 0 Å². The first-order valence-electron chi connectivity index (χ1n) is 5.67. The molecule has 2 nitrogen and oxygen atoms in total. The number of nitrogens with zero attached hydrogens (tertiary/aromatic N) is 1. The molecule has 2 heteroatoms. The molecule has 0 fully saturated rings. The largest absolute Gasteiger partial charge is 0.388 e. The third-order valence-electron chi connectivity index (χ3n) is 2.74.